The highest BCUT2D eigenvalue weighted by molar-refractivity contribution is 6.33. The second kappa shape index (κ2) is 7.16. The lowest BCUT2D eigenvalue weighted by Crippen LogP contribution is -2.02. The van der Waals surface area contributed by atoms with Gasteiger partial charge in [0.15, 0.2) is 0 Å². The van der Waals surface area contributed by atoms with Crippen LogP contribution in [0.4, 0.5) is 0 Å². The molecule has 0 aromatic heterocycles. The molecule has 0 heterocycles. The Bertz CT molecular complexity index is 906. The van der Waals surface area contributed by atoms with E-state index in [1.54, 1.807) is 0 Å². The minimum absolute atomic E-state index is 0.797. The molecule has 0 amide bonds. The summed E-state index contributed by atoms with van der Waals surface area (Å²) >= 11 is 6.44. The van der Waals surface area contributed by atoms with E-state index in [0.717, 1.165) is 27.4 Å². The van der Waals surface area contributed by atoms with Crippen LogP contribution in [0.2, 0.25) is 5.02 Å². The summed E-state index contributed by atoms with van der Waals surface area (Å²) in [7, 11) is 1.88. The van der Waals surface area contributed by atoms with Gasteiger partial charge in [0, 0.05) is 23.3 Å². The van der Waals surface area contributed by atoms with Gasteiger partial charge in [-0.3, -0.25) is 0 Å². The summed E-state index contributed by atoms with van der Waals surface area (Å²) in [5.41, 5.74) is 9.08. The van der Waals surface area contributed by atoms with Gasteiger partial charge in [0.2, 0.25) is 0 Å². The summed E-state index contributed by atoms with van der Waals surface area (Å²) in [5.74, 6) is 0. The number of hydrogen-bond donors (Lipinski definition) is 1. The molecule has 0 saturated carbocycles. The van der Waals surface area contributed by atoms with Crippen LogP contribution in [0.3, 0.4) is 0 Å². The molecule has 0 radical (unpaired) electrons. The fraction of sp³-hybridized carbons (Fsp3) is 0.130. The van der Waals surface area contributed by atoms with Gasteiger partial charge < -0.3 is 5.32 Å². The second-order valence-corrected chi connectivity index (χ2v) is 6.71. The van der Waals surface area contributed by atoms with E-state index in [1.165, 1.54) is 22.3 Å². The fourth-order valence-electron chi connectivity index (χ4n) is 2.85. The van der Waals surface area contributed by atoms with Crippen LogP contribution in [0.1, 0.15) is 16.7 Å². The molecule has 3 aromatic carbocycles. The molecule has 0 bridgehead atoms. The van der Waals surface area contributed by atoms with Crippen molar-refractivity contribution in [3.63, 3.8) is 0 Å². The molecule has 25 heavy (non-hydrogen) atoms. The first kappa shape index (κ1) is 17.3. The van der Waals surface area contributed by atoms with Gasteiger partial charge in [-0.2, -0.15) is 0 Å². The fourth-order valence-corrected chi connectivity index (χ4v) is 3.18. The Morgan fingerprint density at radius 2 is 1.28 bits per heavy atom. The van der Waals surface area contributed by atoms with E-state index >= 15 is 0 Å². The van der Waals surface area contributed by atoms with Crippen LogP contribution in [0.15, 0.2) is 67.2 Å². The van der Waals surface area contributed by atoms with Gasteiger partial charge in [-0.1, -0.05) is 66.7 Å². The van der Waals surface area contributed by atoms with Crippen molar-refractivity contribution in [1.82, 2.24) is 5.32 Å². The maximum atomic E-state index is 6.44. The molecule has 3 aromatic rings. The SMILES string of the molecule is C=C(NC)c1ccc(-c2ccc(-c3cc(C)c(C)cc3Cl)cc2)cc1. The number of halogens is 1. The summed E-state index contributed by atoms with van der Waals surface area (Å²) in [6.45, 7) is 8.19. The van der Waals surface area contributed by atoms with Crippen molar-refractivity contribution in [1.29, 1.82) is 0 Å². The Morgan fingerprint density at radius 3 is 1.84 bits per heavy atom. The molecule has 1 nitrogen and oxygen atoms in total. The first-order valence-corrected chi connectivity index (χ1v) is 8.72. The Hall–Kier alpha value is -2.51. The number of hydrogen-bond acceptors (Lipinski definition) is 1. The van der Waals surface area contributed by atoms with E-state index < -0.39 is 0 Å². The summed E-state index contributed by atoms with van der Waals surface area (Å²) in [6, 6.07) is 21.2. The van der Waals surface area contributed by atoms with Crippen LogP contribution >= 0.6 is 11.6 Å². The zero-order valence-corrected chi connectivity index (χ0v) is 15.6. The van der Waals surface area contributed by atoms with Gasteiger partial charge in [-0.05, 0) is 59.4 Å². The van der Waals surface area contributed by atoms with E-state index in [1.807, 2.05) is 13.1 Å². The molecule has 2 heteroatoms. The molecule has 0 spiro atoms. The largest absolute Gasteiger partial charge is 0.388 e. The van der Waals surface area contributed by atoms with Crippen LogP contribution in [0, 0.1) is 13.8 Å². The molecule has 0 saturated heterocycles. The van der Waals surface area contributed by atoms with Crippen molar-refractivity contribution < 1.29 is 0 Å². The van der Waals surface area contributed by atoms with Gasteiger partial charge in [-0.15, -0.1) is 0 Å². The smallest absolute Gasteiger partial charge is 0.0487 e. The Labute approximate surface area is 155 Å². The average molecular weight is 348 g/mol. The van der Waals surface area contributed by atoms with Gasteiger partial charge in [0.1, 0.15) is 0 Å². The van der Waals surface area contributed by atoms with E-state index in [9.17, 15) is 0 Å². The molecule has 0 fully saturated rings. The zero-order valence-electron chi connectivity index (χ0n) is 14.9. The highest BCUT2D eigenvalue weighted by Crippen LogP contribution is 2.32. The van der Waals surface area contributed by atoms with Crippen LogP contribution < -0.4 is 5.32 Å². The number of benzene rings is 3. The van der Waals surface area contributed by atoms with Crippen molar-refractivity contribution >= 4 is 17.3 Å². The molecule has 0 atom stereocenters. The molecular formula is C23H22ClN. The quantitative estimate of drug-likeness (QED) is 0.569. The van der Waals surface area contributed by atoms with E-state index in [2.05, 4.69) is 80.3 Å². The lowest BCUT2D eigenvalue weighted by atomic mass is 9.97. The molecule has 0 unspecified atom stereocenters. The van der Waals surface area contributed by atoms with Gasteiger partial charge in [0.05, 0.1) is 0 Å². The maximum absolute atomic E-state index is 6.44. The highest BCUT2D eigenvalue weighted by atomic mass is 35.5. The monoisotopic (exact) mass is 347 g/mol. The predicted molar refractivity (Wildman–Crippen MR) is 110 cm³/mol. The van der Waals surface area contributed by atoms with Gasteiger partial charge in [0.25, 0.3) is 0 Å². The standard InChI is InChI=1S/C23H22ClN/c1-15-13-22(23(24)14-16(15)2)21-11-9-20(10-12-21)19-7-5-18(6-8-19)17(3)25-4/h5-14,25H,3H2,1-2,4H3. The van der Waals surface area contributed by atoms with Crippen LogP contribution in [-0.4, -0.2) is 7.05 Å². The molecule has 0 aliphatic carbocycles. The normalized spacial score (nSPS) is 10.6. The minimum atomic E-state index is 0.797. The minimum Gasteiger partial charge on any atom is -0.388 e. The van der Waals surface area contributed by atoms with E-state index in [-0.39, 0.29) is 0 Å². The predicted octanol–water partition coefficient (Wildman–Crippen LogP) is 6.48. The second-order valence-electron chi connectivity index (χ2n) is 6.30. The number of aryl methyl sites for hydroxylation is 2. The zero-order chi connectivity index (χ0) is 18.0. The number of nitrogens with one attached hydrogen (secondary N) is 1. The molecule has 1 N–H and O–H groups in total. The van der Waals surface area contributed by atoms with Crippen LogP contribution in [-0.2, 0) is 0 Å². The summed E-state index contributed by atoms with van der Waals surface area (Å²) in [4.78, 5) is 0. The summed E-state index contributed by atoms with van der Waals surface area (Å²) in [5, 5.41) is 3.87. The highest BCUT2D eigenvalue weighted by Gasteiger charge is 2.07. The molecule has 0 aliphatic rings. The maximum Gasteiger partial charge on any atom is 0.0487 e. The lowest BCUT2D eigenvalue weighted by molar-refractivity contribution is 1.13. The summed E-state index contributed by atoms with van der Waals surface area (Å²) < 4.78 is 0. The van der Waals surface area contributed by atoms with Crippen molar-refractivity contribution in [3.8, 4) is 22.3 Å². The number of rotatable bonds is 4. The van der Waals surface area contributed by atoms with E-state index in [0.29, 0.717) is 0 Å². The average Bonchev–Trinajstić information content (AvgIpc) is 2.64. The first-order chi connectivity index (χ1) is 12.0. The topological polar surface area (TPSA) is 12.0 Å². The third kappa shape index (κ3) is 3.62. The van der Waals surface area contributed by atoms with Crippen LogP contribution in [0.5, 0.6) is 0 Å². The van der Waals surface area contributed by atoms with Crippen LogP contribution in [0.25, 0.3) is 28.0 Å². The lowest BCUT2D eigenvalue weighted by Gasteiger charge is -2.10. The molecule has 3 rings (SSSR count). The van der Waals surface area contributed by atoms with Crippen molar-refractivity contribution in [2.24, 2.45) is 0 Å². The Kier molecular flexibility index (Phi) is 4.96. The first-order valence-electron chi connectivity index (χ1n) is 8.34. The Morgan fingerprint density at radius 1 is 0.800 bits per heavy atom. The van der Waals surface area contributed by atoms with Crippen molar-refractivity contribution in [3.05, 3.63) is 89.0 Å². The molecule has 0 aliphatic heterocycles. The third-order valence-electron chi connectivity index (χ3n) is 4.65. The molecule has 126 valence electrons. The summed E-state index contributed by atoms with van der Waals surface area (Å²) in [6.07, 6.45) is 0. The molecular weight excluding hydrogens is 326 g/mol. The van der Waals surface area contributed by atoms with Crippen molar-refractivity contribution in [2.75, 3.05) is 7.05 Å². The van der Waals surface area contributed by atoms with Gasteiger partial charge >= 0.3 is 0 Å². The third-order valence-corrected chi connectivity index (χ3v) is 4.96. The van der Waals surface area contributed by atoms with Crippen molar-refractivity contribution in [2.45, 2.75) is 13.8 Å². The Balaban J connectivity index is 1.90. The van der Waals surface area contributed by atoms with Gasteiger partial charge in [-0.25, -0.2) is 0 Å². The van der Waals surface area contributed by atoms with E-state index in [4.69, 9.17) is 11.6 Å².